The van der Waals surface area contributed by atoms with Gasteiger partial charge in [-0.2, -0.15) is 5.10 Å². The van der Waals surface area contributed by atoms with Crippen LogP contribution in [0, 0.1) is 0 Å². The monoisotopic (exact) mass is 266 g/mol. The Balaban J connectivity index is 2.12. The third-order valence-electron chi connectivity index (χ3n) is 3.28. The molecule has 0 heterocycles. The maximum Gasteiger partial charge on any atom is 0.0679 e. The molecule has 2 rings (SSSR count). The van der Waals surface area contributed by atoms with Gasteiger partial charge in [0.2, 0.25) is 0 Å². The average Bonchev–Trinajstić information content (AvgIpc) is 2.53. The highest BCUT2D eigenvalue weighted by Gasteiger charge is 2.01. The van der Waals surface area contributed by atoms with Crippen LogP contribution in [-0.2, 0) is 6.42 Å². The lowest BCUT2D eigenvalue weighted by atomic mass is 10.1. The molecule has 0 saturated carbocycles. The van der Waals surface area contributed by atoms with Crippen molar-refractivity contribution >= 4 is 11.4 Å². The molecule has 0 aliphatic heterocycles. The molecule has 0 radical (unpaired) electrons. The van der Waals surface area contributed by atoms with Crippen LogP contribution in [0.1, 0.15) is 37.8 Å². The molecule has 0 aromatic heterocycles. The van der Waals surface area contributed by atoms with Crippen molar-refractivity contribution in [3.8, 4) is 0 Å². The van der Waals surface area contributed by atoms with Gasteiger partial charge in [-0.25, -0.2) is 0 Å². The first kappa shape index (κ1) is 14.3. The van der Waals surface area contributed by atoms with Crippen LogP contribution in [0.2, 0.25) is 0 Å². The van der Waals surface area contributed by atoms with E-state index >= 15 is 0 Å². The van der Waals surface area contributed by atoms with Crippen LogP contribution in [0.5, 0.6) is 0 Å². The van der Waals surface area contributed by atoms with Gasteiger partial charge in [0, 0.05) is 0 Å². The van der Waals surface area contributed by atoms with Crippen molar-refractivity contribution in [3.05, 3.63) is 65.7 Å². The van der Waals surface area contributed by atoms with Crippen molar-refractivity contribution in [1.29, 1.82) is 0 Å². The SMILES string of the molecule is CCC/C(=N/Nc1ccc(CC)cc1)c1ccccc1. The molecule has 2 heteroatoms. The molecule has 0 spiro atoms. The van der Waals surface area contributed by atoms with E-state index in [0.29, 0.717) is 0 Å². The van der Waals surface area contributed by atoms with Crippen LogP contribution in [0.15, 0.2) is 59.7 Å². The Bertz CT molecular complexity index is 541. The Morgan fingerprint density at radius 2 is 1.65 bits per heavy atom. The Morgan fingerprint density at radius 3 is 2.25 bits per heavy atom. The van der Waals surface area contributed by atoms with Crippen LogP contribution < -0.4 is 5.43 Å². The van der Waals surface area contributed by atoms with Crippen molar-refractivity contribution in [1.82, 2.24) is 0 Å². The minimum atomic E-state index is 0.976. The summed E-state index contributed by atoms with van der Waals surface area (Å²) in [5.74, 6) is 0. The van der Waals surface area contributed by atoms with Gasteiger partial charge in [0.15, 0.2) is 0 Å². The molecule has 0 aliphatic rings. The number of hydrogen-bond acceptors (Lipinski definition) is 2. The largest absolute Gasteiger partial charge is 0.278 e. The Morgan fingerprint density at radius 1 is 0.950 bits per heavy atom. The van der Waals surface area contributed by atoms with E-state index in [1.165, 1.54) is 11.1 Å². The standard InChI is InChI=1S/C18H22N2/c1-3-8-18(16-9-6-5-7-10-16)20-19-17-13-11-15(4-2)12-14-17/h5-7,9-14,19H,3-4,8H2,1-2H3/b20-18-. The van der Waals surface area contributed by atoms with Gasteiger partial charge in [0.05, 0.1) is 11.4 Å². The topological polar surface area (TPSA) is 24.4 Å². The highest BCUT2D eigenvalue weighted by Crippen LogP contribution is 2.12. The number of hydrazone groups is 1. The molecule has 0 unspecified atom stereocenters. The molecular formula is C18H22N2. The molecule has 0 saturated heterocycles. The number of benzene rings is 2. The summed E-state index contributed by atoms with van der Waals surface area (Å²) >= 11 is 0. The maximum absolute atomic E-state index is 4.58. The zero-order valence-electron chi connectivity index (χ0n) is 12.3. The molecule has 0 aliphatic carbocycles. The van der Waals surface area contributed by atoms with Gasteiger partial charge >= 0.3 is 0 Å². The summed E-state index contributed by atoms with van der Waals surface area (Å²) in [6.07, 6.45) is 3.13. The van der Waals surface area contributed by atoms with Gasteiger partial charge in [-0.1, -0.05) is 62.7 Å². The van der Waals surface area contributed by atoms with E-state index in [2.05, 4.69) is 72.9 Å². The zero-order chi connectivity index (χ0) is 14.2. The quantitative estimate of drug-likeness (QED) is 0.585. The normalized spacial score (nSPS) is 11.4. The lowest BCUT2D eigenvalue weighted by Gasteiger charge is -2.07. The lowest BCUT2D eigenvalue weighted by molar-refractivity contribution is 0.987. The first-order valence-electron chi connectivity index (χ1n) is 7.30. The number of hydrogen-bond donors (Lipinski definition) is 1. The van der Waals surface area contributed by atoms with E-state index in [1.54, 1.807) is 0 Å². The van der Waals surface area contributed by atoms with E-state index in [0.717, 1.165) is 30.7 Å². The highest BCUT2D eigenvalue weighted by atomic mass is 15.3. The van der Waals surface area contributed by atoms with Gasteiger partial charge in [0.1, 0.15) is 0 Å². The predicted molar refractivity (Wildman–Crippen MR) is 87.3 cm³/mol. The van der Waals surface area contributed by atoms with Gasteiger partial charge < -0.3 is 0 Å². The Hall–Kier alpha value is -2.09. The molecule has 0 amide bonds. The van der Waals surface area contributed by atoms with E-state index in [9.17, 15) is 0 Å². The fourth-order valence-corrected chi connectivity index (χ4v) is 2.08. The van der Waals surface area contributed by atoms with Crippen molar-refractivity contribution in [2.75, 3.05) is 5.43 Å². The molecular weight excluding hydrogens is 244 g/mol. The number of nitrogens with zero attached hydrogens (tertiary/aromatic N) is 1. The number of rotatable bonds is 6. The zero-order valence-corrected chi connectivity index (χ0v) is 12.3. The smallest absolute Gasteiger partial charge is 0.0679 e. The molecule has 0 atom stereocenters. The summed E-state index contributed by atoms with van der Waals surface area (Å²) in [5.41, 5.74) is 7.84. The first-order valence-corrected chi connectivity index (χ1v) is 7.30. The first-order chi connectivity index (χ1) is 9.83. The molecule has 2 aromatic rings. The maximum atomic E-state index is 4.58. The minimum Gasteiger partial charge on any atom is -0.278 e. The summed E-state index contributed by atoms with van der Waals surface area (Å²) in [4.78, 5) is 0. The van der Waals surface area contributed by atoms with Crippen LogP contribution in [0.4, 0.5) is 5.69 Å². The second-order valence-corrected chi connectivity index (χ2v) is 4.84. The fourth-order valence-electron chi connectivity index (χ4n) is 2.08. The fraction of sp³-hybridized carbons (Fsp3) is 0.278. The Labute approximate surface area is 121 Å². The summed E-state index contributed by atoms with van der Waals surface area (Å²) in [6, 6.07) is 18.8. The Kier molecular flexibility index (Phi) is 5.36. The van der Waals surface area contributed by atoms with Gasteiger partial charge in [-0.3, -0.25) is 5.43 Å². The highest BCUT2D eigenvalue weighted by molar-refractivity contribution is 6.00. The van der Waals surface area contributed by atoms with Crippen molar-refractivity contribution in [2.24, 2.45) is 5.10 Å². The molecule has 0 bridgehead atoms. The number of aryl methyl sites for hydroxylation is 1. The van der Waals surface area contributed by atoms with Crippen LogP contribution in [0.25, 0.3) is 0 Å². The molecule has 20 heavy (non-hydrogen) atoms. The summed E-state index contributed by atoms with van der Waals surface area (Å²) < 4.78 is 0. The third-order valence-corrected chi connectivity index (χ3v) is 3.28. The third kappa shape index (κ3) is 3.95. The average molecular weight is 266 g/mol. The number of anilines is 1. The molecule has 2 aromatic carbocycles. The molecule has 104 valence electrons. The van der Waals surface area contributed by atoms with Crippen molar-refractivity contribution in [2.45, 2.75) is 33.1 Å². The summed E-state index contributed by atoms with van der Waals surface area (Å²) in [6.45, 7) is 4.34. The molecule has 1 N–H and O–H groups in total. The van der Waals surface area contributed by atoms with Crippen LogP contribution in [0.3, 0.4) is 0 Å². The van der Waals surface area contributed by atoms with Gasteiger partial charge in [0.25, 0.3) is 0 Å². The van der Waals surface area contributed by atoms with E-state index < -0.39 is 0 Å². The van der Waals surface area contributed by atoms with Crippen LogP contribution in [-0.4, -0.2) is 5.71 Å². The van der Waals surface area contributed by atoms with Gasteiger partial charge in [-0.05, 0) is 36.1 Å². The minimum absolute atomic E-state index is 0.976. The van der Waals surface area contributed by atoms with Crippen molar-refractivity contribution in [3.63, 3.8) is 0 Å². The molecule has 2 nitrogen and oxygen atoms in total. The van der Waals surface area contributed by atoms with E-state index in [1.807, 2.05) is 6.07 Å². The van der Waals surface area contributed by atoms with Crippen LogP contribution >= 0.6 is 0 Å². The number of nitrogens with one attached hydrogen (secondary N) is 1. The second-order valence-electron chi connectivity index (χ2n) is 4.84. The predicted octanol–water partition coefficient (Wildman–Crippen LogP) is 4.87. The second kappa shape index (κ2) is 7.49. The van der Waals surface area contributed by atoms with E-state index in [4.69, 9.17) is 0 Å². The summed E-state index contributed by atoms with van der Waals surface area (Å²) in [5, 5.41) is 4.58. The van der Waals surface area contributed by atoms with Gasteiger partial charge in [-0.15, -0.1) is 0 Å². The summed E-state index contributed by atoms with van der Waals surface area (Å²) in [7, 11) is 0. The molecule has 0 fully saturated rings. The van der Waals surface area contributed by atoms with E-state index in [-0.39, 0.29) is 0 Å². The lowest BCUT2D eigenvalue weighted by Crippen LogP contribution is -2.04. The van der Waals surface area contributed by atoms with Crippen molar-refractivity contribution < 1.29 is 0 Å².